The molecular formula is C17H14FN3O2. The van der Waals surface area contributed by atoms with Crippen LogP contribution < -0.4 is 5.48 Å². The standard InChI is InChI=1S/C17H14FN3O2/c18-15-3-1-2-13(9-15)11-21-16-6-4-12(5-7-17(22)20-23)8-14(16)10-19-21/h1-10,23H,11H2,(H,20,22)/b7-5+. The number of hydrogen-bond donors (Lipinski definition) is 2. The van der Waals surface area contributed by atoms with Crippen molar-refractivity contribution in [3.63, 3.8) is 0 Å². The largest absolute Gasteiger partial charge is 0.288 e. The number of fused-ring (bicyclic) bond motifs is 1. The van der Waals surface area contributed by atoms with Crippen molar-refractivity contribution in [1.82, 2.24) is 15.3 Å². The van der Waals surface area contributed by atoms with Gasteiger partial charge in [-0.25, -0.2) is 9.87 Å². The Labute approximate surface area is 131 Å². The average Bonchev–Trinajstić information content (AvgIpc) is 2.95. The Kier molecular flexibility index (Phi) is 4.16. The summed E-state index contributed by atoms with van der Waals surface area (Å²) in [5, 5.41) is 13.7. The van der Waals surface area contributed by atoms with Crippen LogP contribution in [0.4, 0.5) is 4.39 Å². The van der Waals surface area contributed by atoms with Crippen LogP contribution in [0.1, 0.15) is 11.1 Å². The van der Waals surface area contributed by atoms with E-state index >= 15 is 0 Å². The summed E-state index contributed by atoms with van der Waals surface area (Å²) in [6, 6.07) is 12.0. The van der Waals surface area contributed by atoms with E-state index in [4.69, 9.17) is 5.21 Å². The summed E-state index contributed by atoms with van der Waals surface area (Å²) in [7, 11) is 0. The van der Waals surface area contributed by atoms with Gasteiger partial charge in [-0.05, 0) is 41.5 Å². The first-order valence-corrected chi connectivity index (χ1v) is 6.98. The SMILES string of the molecule is O=C(/C=C/c1ccc2c(cnn2Cc2cccc(F)c2)c1)NO. The fourth-order valence-electron chi connectivity index (χ4n) is 2.35. The summed E-state index contributed by atoms with van der Waals surface area (Å²) >= 11 is 0. The number of rotatable bonds is 4. The minimum Gasteiger partial charge on any atom is -0.288 e. The van der Waals surface area contributed by atoms with Gasteiger partial charge in [-0.2, -0.15) is 5.10 Å². The second-order valence-electron chi connectivity index (χ2n) is 5.06. The number of nitrogens with zero attached hydrogens (tertiary/aromatic N) is 2. The topological polar surface area (TPSA) is 67.2 Å². The lowest BCUT2D eigenvalue weighted by Crippen LogP contribution is -2.14. The number of carbonyl (C=O) groups is 1. The van der Waals surface area contributed by atoms with Crippen LogP contribution in [0.5, 0.6) is 0 Å². The molecule has 2 aromatic carbocycles. The third-order valence-corrected chi connectivity index (χ3v) is 3.42. The Morgan fingerprint density at radius 3 is 2.96 bits per heavy atom. The summed E-state index contributed by atoms with van der Waals surface area (Å²) in [5.41, 5.74) is 4.09. The van der Waals surface area contributed by atoms with Gasteiger partial charge in [0, 0.05) is 11.5 Å². The zero-order chi connectivity index (χ0) is 16.2. The summed E-state index contributed by atoms with van der Waals surface area (Å²) in [6.45, 7) is 0.476. The third-order valence-electron chi connectivity index (χ3n) is 3.42. The van der Waals surface area contributed by atoms with Crippen molar-refractivity contribution in [2.45, 2.75) is 6.54 Å². The van der Waals surface area contributed by atoms with Crippen LogP contribution >= 0.6 is 0 Å². The molecule has 3 aromatic rings. The molecule has 0 aliphatic heterocycles. The van der Waals surface area contributed by atoms with E-state index in [9.17, 15) is 9.18 Å². The minimum atomic E-state index is -0.591. The number of benzene rings is 2. The molecule has 2 N–H and O–H groups in total. The molecule has 1 amide bonds. The van der Waals surface area contributed by atoms with Gasteiger partial charge < -0.3 is 0 Å². The fraction of sp³-hybridized carbons (Fsp3) is 0.0588. The molecular weight excluding hydrogens is 297 g/mol. The highest BCUT2D eigenvalue weighted by Gasteiger charge is 2.05. The first-order valence-electron chi connectivity index (χ1n) is 6.98. The Bertz CT molecular complexity index is 886. The normalized spacial score (nSPS) is 11.2. The zero-order valence-corrected chi connectivity index (χ0v) is 12.1. The Morgan fingerprint density at radius 1 is 1.30 bits per heavy atom. The van der Waals surface area contributed by atoms with Crippen molar-refractivity contribution in [2.75, 3.05) is 0 Å². The van der Waals surface area contributed by atoms with E-state index < -0.39 is 5.91 Å². The molecule has 0 aliphatic rings. The van der Waals surface area contributed by atoms with Crippen molar-refractivity contribution in [1.29, 1.82) is 0 Å². The van der Waals surface area contributed by atoms with Gasteiger partial charge >= 0.3 is 0 Å². The maximum atomic E-state index is 13.3. The van der Waals surface area contributed by atoms with Crippen molar-refractivity contribution in [3.8, 4) is 0 Å². The van der Waals surface area contributed by atoms with E-state index in [2.05, 4.69) is 5.10 Å². The summed E-state index contributed by atoms with van der Waals surface area (Å²) < 4.78 is 15.0. The first-order chi connectivity index (χ1) is 11.2. The number of carbonyl (C=O) groups excluding carboxylic acids is 1. The lowest BCUT2D eigenvalue weighted by atomic mass is 10.1. The Hall–Kier alpha value is -2.99. The Morgan fingerprint density at radius 2 is 2.17 bits per heavy atom. The number of amides is 1. The quantitative estimate of drug-likeness (QED) is 0.442. The second kappa shape index (κ2) is 6.41. The number of nitrogens with one attached hydrogen (secondary N) is 1. The predicted molar refractivity (Wildman–Crippen MR) is 84.2 cm³/mol. The fourth-order valence-corrected chi connectivity index (χ4v) is 2.35. The van der Waals surface area contributed by atoms with Crippen LogP contribution in [0.15, 0.2) is 54.7 Å². The Balaban J connectivity index is 1.87. The van der Waals surface area contributed by atoms with Gasteiger partial charge in [0.05, 0.1) is 18.3 Å². The van der Waals surface area contributed by atoms with Crippen LogP contribution in [0.2, 0.25) is 0 Å². The molecule has 0 atom stereocenters. The molecule has 0 unspecified atom stereocenters. The molecule has 0 saturated carbocycles. The molecule has 0 bridgehead atoms. The monoisotopic (exact) mass is 311 g/mol. The molecule has 23 heavy (non-hydrogen) atoms. The van der Waals surface area contributed by atoms with Crippen LogP contribution in [0.25, 0.3) is 17.0 Å². The minimum absolute atomic E-state index is 0.270. The summed E-state index contributed by atoms with van der Waals surface area (Å²) in [5.74, 6) is -0.861. The van der Waals surface area contributed by atoms with Crippen molar-refractivity contribution >= 4 is 22.9 Å². The maximum absolute atomic E-state index is 13.3. The van der Waals surface area contributed by atoms with Crippen molar-refractivity contribution < 1.29 is 14.4 Å². The van der Waals surface area contributed by atoms with Crippen molar-refractivity contribution in [2.24, 2.45) is 0 Å². The molecule has 3 rings (SSSR count). The third kappa shape index (κ3) is 3.44. The van der Waals surface area contributed by atoms with Crippen LogP contribution in [0, 0.1) is 5.82 Å². The molecule has 0 spiro atoms. The molecule has 0 radical (unpaired) electrons. The van der Waals surface area contributed by atoms with Crippen LogP contribution in [-0.2, 0) is 11.3 Å². The molecule has 0 aliphatic carbocycles. The first kappa shape index (κ1) is 14.9. The van der Waals surface area contributed by atoms with Crippen LogP contribution in [0.3, 0.4) is 0 Å². The highest BCUT2D eigenvalue weighted by atomic mass is 19.1. The molecule has 1 heterocycles. The van der Waals surface area contributed by atoms with E-state index in [1.165, 1.54) is 23.7 Å². The van der Waals surface area contributed by atoms with E-state index in [-0.39, 0.29) is 5.82 Å². The summed E-state index contributed by atoms with van der Waals surface area (Å²) in [4.78, 5) is 11.0. The molecule has 1 aromatic heterocycles. The van der Waals surface area contributed by atoms with Gasteiger partial charge in [-0.3, -0.25) is 14.7 Å². The zero-order valence-electron chi connectivity index (χ0n) is 12.1. The van der Waals surface area contributed by atoms with E-state index in [1.807, 2.05) is 24.3 Å². The number of hydrogen-bond acceptors (Lipinski definition) is 3. The molecule has 6 heteroatoms. The van der Waals surface area contributed by atoms with E-state index in [0.29, 0.717) is 6.54 Å². The van der Waals surface area contributed by atoms with E-state index in [0.717, 1.165) is 22.0 Å². The lowest BCUT2D eigenvalue weighted by Gasteiger charge is -2.04. The van der Waals surface area contributed by atoms with Gasteiger partial charge in [0.2, 0.25) is 0 Å². The highest BCUT2D eigenvalue weighted by Crippen LogP contribution is 2.18. The summed E-state index contributed by atoms with van der Waals surface area (Å²) in [6.07, 6.45) is 4.55. The van der Waals surface area contributed by atoms with Crippen molar-refractivity contribution in [3.05, 3.63) is 71.7 Å². The number of halogens is 1. The van der Waals surface area contributed by atoms with E-state index in [1.54, 1.807) is 23.0 Å². The molecule has 116 valence electrons. The number of hydroxylamine groups is 1. The smallest absolute Gasteiger partial charge is 0.267 e. The average molecular weight is 311 g/mol. The second-order valence-corrected chi connectivity index (χ2v) is 5.06. The molecule has 5 nitrogen and oxygen atoms in total. The van der Waals surface area contributed by atoms with Gasteiger partial charge in [-0.1, -0.05) is 18.2 Å². The van der Waals surface area contributed by atoms with Gasteiger partial charge in [-0.15, -0.1) is 0 Å². The molecule has 0 fully saturated rings. The van der Waals surface area contributed by atoms with Gasteiger partial charge in [0.15, 0.2) is 0 Å². The highest BCUT2D eigenvalue weighted by molar-refractivity contribution is 5.91. The maximum Gasteiger partial charge on any atom is 0.267 e. The van der Waals surface area contributed by atoms with Gasteiger partial charge in [0.25, 0.3) is 5.91 Å². The van der Waals surface area contributed by atoms with Gasteiger partial charge in [0.1, 0.15) is 5.82 Å². The predicted octanol–water partition coefficient (Wildman–Crippen LogP) is 2.74. The number of aromatic nitrogens is 2. The molecule has 0 saturated heterocycles. The van der Waals surface area contributed by atoms with Crippen LogP contribution in [-0.4, -0.2) is 20.9 Å². The lowest BCUT2D eigenvalue weighted by molar-refractivity contribution is -0.124.